The van der Waals surface area contributed by atoms with Crippen LogP contribution >= 0.6 is 0 Å². The first kappa shape index (κ1) is 18.2. The lowest BCUT2D eigenvalue weighted by molar-refractivity contribution is 0.0527. The summed E-state index contributed by atoms with van der Waals surface area (Å²) in [6.07, 6.45) is 6.69. The molecule has 3 aromatic rings. The average Bonchev–Trinajstić information content (AvgIpc) is 3.22. The van der Waals surface area contributed by atoms with Crippen molar-refractivity contribution in [2.24, 2.45) is 0 Å². The van der Waals surface area contributed by atoms with Gasteiger partial charge >= 0.3 is 0 Å². The van der Waals surface area contributed by atoms with Crippen LogP contribution in [0.4, 0.5) is 0 Å². The molecule has 1 aliphatic heterocycles. The Bertz CT molecular complexity index is 971. The Morgan fingerprint density at radius 3 is 2.64 bits per heavy atom. The number of aromatic nitrogens is 4. The summed E-state index contributed by atoms with van der Waals surface area (Å²) in [6, 6.07) is 9.58. The summed E-state index contributed by atoms with van der Waals surface area (Å²) in [7, 11) is 0. The minimum atomic E-state index is -0.0660. The first-order valence-corrected chi connectivity index (χ1v) is 9.46. The Morgan fingerprint density at radius 2 is 1.86 bits per heavy atom. The molecule has 4 rings (SSSR count). The first-order chi connectivity index (χ1) is 13.6. The third kappa shape index (κ3) is 3.88. The highest BCUT2D eigenvalue weighted by atomic mass is 16.5. The number of ether oxygens (including phenoxy) is 1. The van der Waals surface area contributed by atoms with Gasteiger partial charge in [-0.1, -0.05) is 6.07 Å². The molecule has 0 spiro atoms. The van der Waals surface area contributed by atoms with Crippen molar-refractivity contribution in [3.05, 3.63) is 65.6 Å². The maximum atomic E-state index is 13.3. The zero-order valence-electron chi connectivity index (χ0n) is 16.1. The number of piperidine rings is 1. The van der Waals surface area contributed by atoms with Gasteiger partial charge in [-0.2, -0.15) is 15.0 Å². The molecule has 1 fully saturated rings. The molecule has 3 heterocycles. The van der Waals surface area contributed by atoms with Crippen LogP contribution in [0.3, 0.4) is 0 Å². The maximum absolute atomic E-state index is 13.3. The van der Waals surface area contributed by atoms with Crippen LogP contribution in [0.2, 0.25) is 0 Å². The Morgan fingerprint density at radius 1 is 1.07 bits per heavy atom. The van der Waals surface area contributed by atoms with Crippen molar-refractivity contribution in [2.45, 2.75) is 32.8 Å². The summed E-state index contributed by atoms with van der Waals surface area (Å²) in [5.74, 6) is 0.578. The Labute approximate surface area is 164 Å². The van der Waals surface area contributed by atoms with E-state index in [0.29, 0.717) is 30.2 Å². The van der Waals surface area contributed by atoms with E-state index in [1.54, 1.807) is 18.6 Å². The molecule has 1 atom stereocenters. The van der Waals surface area contributed by atoms with Gasteiger partial charge in [-0.05, 0) is 56.0 Å². The van der Waals surface area contributed by atoms with Crippen molar-refractivity contribution in [3.63, 3.8) is 0 Å². The van der Waals surface area contributed by atoms with Crippen LogP contribution in [0.1, 0.15) is 34.3 Å². The van der Waals surface area contributed by atoms with E-state index in [1.807, 2.05) is 49.1 Å². The fraction of sp³-hybridized carbons (Fsp3) is 0.333. The van der Waals surface area contributed by atoms with Crippen molar-refractivity contribution in [1.29, 1.82) is 0 Å². The molecule has 1 saturated heterocycles. The second-order valence-electron chi connectivity index (χ2n) is 7.14. The second kappa shape index (κ2) is 7.80. The van der Waals surface area contributed by atoms with E-state index in [2.05, 4.69) is 15.2 Å². The van der Waals surface area contributed by atoms with Crippen molar-refractivity contribution < 1.29 is 9.53 Å². The van der Waals surface area contributed by atoms with E-state index < -0.39 is 0 Å². The van der Waals surface area contributed by atoms with E-state index in [-0.39, 0.29) is 12.0 Å². The zero-order chi connectivity index (χ0) is 19.5. The number of hydrogen-bond acceptors (Lipinski definition) is 5. The molecule has 0 aliphatic carbocycles. The third-order valence-corrected chi connectivity index (χ3v) is 4.86. The minimum Gasteiger partial charge on any atom is -0.472 e. The molecule has 7 heteroatoms. The van der Waals surface area contributed by atoms with Gasteiger partial charge in [0.1, 0.15) is 6.10 Å². The van der Waals surface area contributed by atoms with Gasteiger partial charge in [-0.3, -0.25) is 4.79 Å². The van der Waals surface area contributed by atoms with Gasteiger partial charge in [0.2, 0.25) is 5.88 Å². The van der Waals surface area contributed by atoms with Crippen molar-refractivity contribution in [3.8, 4) is 11.6 Å². The van der Waals surface area contributed by atoms with Crippen molar-refractivity contribution in [2.75, 3.05) is 13.1 Å². The second-order valence-corrected chi connectivity index (χ2v) is 7.14. The van der Waals surface area contributed by atoms with Crippen LogP contribution in [0.5, 0.6) is 5.88 Å². The molecule has 2 aromatic heterocycles. The number of benzene rings is 1. The molecule has 7 nitrogen and oxygen atoms in total. The Balaban J connectivity index is 1.54. The quantitative estimate of drug-likeness (QED) is 0.699. The van der Waals surface area contributed by atoms with Gasteiger partial charge < -0.3 is 9.64 Å². The molecule has 0 unspecified atom stereocenters. The molecule has 28 heavy (non-hydrogen) atoms. The number of carbonyl (C=O) groups excluding carboxylic acids is 1. The standard InChI is InChI=1S/C21H23N5O2/c1-15-5-6-18(19(12-15)26-23-9-10-24-26)21(27)25-11-3-4-17(14-25)28-20-13-16(2)7-8-22-20/h5-10,12-13,17H,3-4,11,14H2,1-2H3/t17-/m1/s1. The van der Waals surface area contributed by atoms with Gasteiger partial charge in [0.15, 0.2) is 0 Å². The lowest BCUT2D eigenvalue weighted by Crippen LogP contribution is -2.44. The van der Waals surface area contributed by atoms with Crippen molar-refractivity contribution >= 4 is 5.91 Å². The summed E-state index contributed by atoms with van der Waals surface area (Å²) in [5, 5.41) is 8.39. The Kier molecular flexibility index (Phi) is 5.06. The number of nitrogens with zero attached hydrogens (tertiary/aromatic N) is 5. The molecule has 1 aromatic carbocycles. The lowest BCUT2D eigenvalue weighted by Gasteiger charge is -2.33. The minimum absolute atomic E-state index is 0.0298. The normalized spacial score (nSPS) is 16.8. The average molecular weight is 377 g/mol. The molecule has 1 amide bonds. The highest BCUT2D eigenvalue weighted by molar-refractivity contribution is 5.97. The van der Waals surface area contributed by atoms with Gasteiger partial charge in [-0.15, -0.1) is 0 Å². The molecular formula is C21H23N5O2. The van der Waals surface area contributed by atoms with Crippen LogP contribution < -0.4 is 4.74 Å². The van der Waals surface area contributed by atoms with E-state index in [0.717, 1.165) is 24.0 Å². The number of aryl methyl sites for hydroxylation is 2. The zero-order valence-corrected chi connectivity index (χ0v) is 16.1. The number of hydrogen-bond donors (Lipinski definition) is 0. The van der Waals surface area contributed by atoms with Crippen LogP contribution in [0, 0.1) is 13.8 Å². The van der Waals surface area contributed by atoms with E-state index in [4.69, 9.17) is 4.74 Å². The van der Waals surface area contributed by atoms with Gasteiger partial charge in [0.05, 0.1) is 30.2 Å². The lowest BCUT2D eigenvalue weighted by atomic mass is 10.0. The maximum Gasteiger partial charge on any atom is 0.256 e. The van der Waals surface area contributed by atoms with Crippen LogP contribution in [-0.2, 0) is 0 Å². The van der Waals surface area contributed by atoms with Gasteiger partial charge in [0, 0.05) is 18.8 Å². The van der Waals surface area contributed by atoms with E-state index in [1.165, 1.54) is 4.80 Å². The molecule has 0 bridgehead atoms. The molecule has 0 saturated carbocycles. The van der Waals surface area contributed by atoms with Crippen LogP contribution in [0.15, 0.2) is 48.9 Å². The molecule has 0 radical (unpaired) electrons. The molecule has 144 valence electrons. The van der Waals surface area contributed by atoms with Gasteiger partial charge in [-0.25, -0.2) is 4.98 Å². The number of likely N-dealkylation sites (tertiary alicyclic amines) is 1. The largest absolute Gasteiger partial charge is 0.472 e. The molecule has 1 aliphatic rings. The first-order valence-electron chi connectivity index (χ1n) is 9.46. The third-order valence-electron chi connectivity index (χ3n) is 4.86. The van der Waals surface area contributed by atoms with E-state index in [9.17, 15) is 4.79 Å². The van der Waals surface area contributed by atoms with Gasteiger partial charge in [0.25, 0.3) is 5.91 Å². The fourth-order valence-electron chi connectivity index (χ4n) is 3.46. The predicted octanol–water partition coefficient (Wildman–Crippen LogP) is 2.96. The smallest absolute Gasteiger partial charge is 0.256 e. The van der Waals surface area contributed by atoms with Crippen LogP contribution in [-0.4, -0.2) is 50.0 Å². The van der Waals surface area contributed by atoms with Crippen LogP contribution in [0.25, 0.3) is 5.69 Å². The number of carbonyl (C=O) groups is 1. The highest BCUT2D eigenvalue weighted by Crippen LogP contribution is 2.22. The topological polar surface area (TPSA) is 73.1 Å². The van der Waals surface area contributed by atoms with Crippen molar-refractivity contribution in [1.82, 2.24) is 24.9 Å². The predicted molar refractivity (Wildman–Crippen MR) is 105 cm³/mol. The van der Waals surface area contributed by atoms with E-state index >= 15 is 0 Å². The summed E-state index contributed by atoms with van der Waals surface area (Å²) in [4.78, 5) is 20.9. The Hall–Kier alpha value is -3.22. The fourth-order valence-corrected chi connectivity index (χ4v) is 3.46. The summed E-state index contributed by atoms with van der Waals surface area (Å²) in [5.41, 5.74) is 3.44. The summed E-state index contributed by atoms with van der Waals surface area (Å²) >= 11 is 0. The summed E-state index contributed by atoms with van der Waals surface area (Å²) in [6.45, 7) is 5.24. The summed E-state index contributed by atoms with van der Waals surface area (Å²) < 4.78 is 6.04. The number of amides is 1. The molecular weight excluding hydrogens is 354 g/mol. The monoisotopic (exact) mass is 377 g/mol. The SMILES string of the molecule is Cc1ccnc(O[C@@H]2CCCN(C(=O)c3ccc(C)cc3-n3nccn3)C2)c1. The number of pyridine rings is 1. The molecule has 0 N–H and O–H groups in total. The highest BCUT2D eigenvalue weighted by Gasteiger charge is 2.28. The number of rotatable bonds is 4.